The molecule has 2 aliphatic rings. The molecule has 1 aliphatic heterocycles. The smallest absolute Gasteiger partial charge is 0.317 e. The lowest BCUT2D eigenvalue weighted by atomic mass is 9.86. The number of piperidine rings is 1. The average Bonchev–Trinajstić information content (AvgIpc) is 2.48. The van der Waals surface area contributed by atoms with Gasteiger partial charge in [0.1, 0.15) is 0 Å². The number of hydrogen-bond acceptors (Lipinski definition) is 3. The summed E-state index contributed by atoms with van der Waals surface area (Å²) in [6.45, 7) is 2.20. The fourth-order valence-electron chi connectivity index (χ4n) is 3.43. The van der Waals surface area contributed by atoms with Gasteiger partial charge < -0.3 is 20.1 Å². The van der Waals surface area contributed by atoms with Gasteiger partial charge in [-0.15, -0.1) is 0 Å². The Morgan fingerprint density at radius 3 is 2.81 bits per heavy atom. The Hall–Kier alpha value is -1.30. The molecule has 0 aromatic carbocycles. The van der Waals surface area contributed by atoms with Crippen molar-refractivity contribution in [1.29, 1.82) is 0 Å². The van der Waals surface area contributed by atoms with Gasteiger partial charge in [0.25, 0.3) is 0 Å². The van der Waals surface area contributed by atoms with E-state index in [2.05, 4.69) is 5.32 Å². The third kappa shape index (κ3) is 4.59. The van der Waals surface area contributed by atoms with Crippen LogP contribution in [0, 0.1) is 11.8 Å². The standard InChI is InChI=1S/C15H26N2O4/c1-21-10-11-4-3-7-17(9-11)15(20)16-13-6-2-5-12(8-13)14(18)19/h11-13H,2-10H2,1H3,(H,16,20)(H,18,19). The van der Waals surface area contributed by atoms with Crippen LogP contribution >= 0.6 is 0 Å². The molecule has 1 saturated carbocycles. The quantitative estimate of drug-likeness (QED) is 0.828. The Labute approximate surface area is 125 Å². The molecule has 21 heavy (non-hydrogen) atoms. The van der Waals surface area contributed by atoms with Gasteiger partial charge in [-0.25, -0.2) is 4.79 Å². The molecule has 2 rings (SSSR count). The zero-order valence-electron chi connectivity index (χ0n) is 12.7. The summed E-state index contributed by atoms with van der Waals surface area (Å²) in [6.07, 6.45) is 5.13. The minimum absolute atomic E-state index is 0.00449. The number of nitrogens with one attached hydrogen (secondary N) is 1. The van der Waals surface area contributed by atoms with Crippen molar-refractivity contribution in [2.75, 3.05) is 26.8 Å². The van der Waals surface area contributed by atoms with Gasteiger partial charge in [0.15, 0.2) is 0 Å². The van der Waals surface area contributed by atoms with E-state index in [0.717, 1.165) is 45.2 Å². The Morgan fingerprint density at radius 2 is 2.10 bits per heavy atom. The molecule has 0 aromatic heterocycles. The lowest BCUT2D eigenvalue weighted by Gasteiger charge is -2.35. The zero-order chi connectivity index (χ0) is 15.2. The molecule has 0 aromatic rings. The maximum atomic E-state index is 12.3. The molecule has 2 N–H and O–H groups in total. The van der Waals surface area contributed by atoms with Crippen LogP contribution in [0.1, 0.15) is 38.5 Å². The Kier molecular flexibility index (Phi) is 5.85. The SMILES string of the molecule is COCC1CCCN(C(=O)NC2CCCC(C(=O)O)C2)C1. The van der Waals surface area contributed by atoms with Crippen molar-refractivity contribution in [1.82, 2.24) is 10.2 Å². The van der Waals surface area contributed by atoms with E-state index in [4.69, 9.17) is 9.84 Å². The summed E-state index contributed by atoms with van der Waals surface area (Å²) in [7, 11) is 1.69. The van der Waals surface area contributed by atoms with Gasteiger partial charge in [-0.2, -0.15) is 0 Å². The molecule has 0 spiro atoms. The van der Waals surface area contributed by atoms with Crippen LogP contribution in [0.2, 0.25) is 0 Å². The van der Waals surface area contributed by atoms with Crippen molar-refractivity contribution in [2.45, 2.75) is 44.6 Å². The van der Waals surface area contributed by atoms with Gasteiger partial charge in [0, 0.05) is 32.2 Å². The van der Waals surface area contributed by atoms with Crippen LogP contribution in [0.25, 0.3) is 0 Å². The van der Waals surface area contributed by atoms with Gasteiger partial charge in [0.2, 0.25) is 0 Å². The van der Waals surface area contributed by atoms with Crippen molar-refractivity contribution in [3.8, 4) is 0 Å². The molecule has 1 aliphatic carbocycles. The number of hydrogen-bond donors (Lipinski definition) is 2. The third-order valence-corrected chi connectivity index (χ3v) is 4.56. The molecule has 3 atom stereocenters. The number of urea groups is 1. The summed E-state index contributed by atoms with van der Waals surface area (Å²) in [6, 6.07) is -0.0537. The first-order valence-electron chi connectivity index (χ1n) is 7.87. The Morgan fingerprint density at radius 1 is 1.29 bits per heavy atom. The number of carbonyl (C=O) groups is 2. The zero-order valence-corrected chi connectivity index (χ0v) is 12.7. The van der Waals surface area contributed by atoms with Gasteiger partial charge in [-0.05, 0) is 32.1 Å². The number of methoxy groups -OCH3 is 1. The van der Waals surface area contributed by atoms with E-state index in [0.29, 0.717) is 18.9 Å². The van der Waals surface area contributed by atoms with Crippen molar-refractivity contribution in [3.05, 3.63) is 0 Å². The normalized spacial score (nSPS) is 30.0. The Bertz CT molecular complexity index is 373. The second kappa shape index (κ2) is 7.64. The third-order valence-electron chi connectivity index (χ3n) is 4.56. The van der Waals surface area contributed by atoms with Gasteiger partial charge in [-0.3, -0.25) is 4.79 Å². The number of aliphatic carboxylic acids is 1. The molecule has 120 valence electrons. The van der Waals surface area contributed by atoms with Crippen LogP contribution in [0.5, 0.6) is 0 Å². The van der Waals surface area contributed by atoms with Crippen molar-refractivity contribution in [2.24, 2.45) is 11.8 Å². The van der Waals surface area contributed by atoms with Gasteiger partial charge in [0.05, 0.1) is 12.5 Å². The molecule has 2 amide bonds. The van der Waals surface area contributed by atoms with E-state index in [1.54, 1.807) is 7.11 Å². The van der Waals surface area contributed by atoms with Crippen LogP contribution in [0.3, 0.4) is 0 Å². The molecule has 3 unspecified atom stereocenters. The predicted molar refractivity (Wildman–Crippen MR) is 78.1 cm³/mol. The van der Waals surface area contributed by atoms with Gasteiger partial charge in [-0.1, -0.05) is 6.42 Å². The summed E-state index contributed by atoms with van der Waals surface area (Å²) < 4.78 is 5.18. The summed E-state index contributed by atoms with van der Waals surface area (Å²) >= 11 is 0. The number of amides is 2. The first kappa shape index (κ1) is 16.1. The summed E-state index contributed by atoms with van der Waals surface area (Å²) in [5.41, 5.74) is 0. The minimum atomic E-state index is -0.743. The fraction of sp³-hybridized carbons (Fsp3) is 0.867. The number of carboxylic acid groups (broad SMARTS) is 1. The molecule has 0 bridgehead atoms. The molecule has 2 fully saturated rings. The highest BCUT2D eigenvalue weighted by atomic mass is 16.5. The number of rotatable bonds is 4. The van der Waals surface area contributed by atoms with Crippen molar-refractivity contribution in [3.63, 3.8) is 0 Å². The number of likely N-dealkylation sites (tertiary alicyclic amines) is 1. The lowest BCUT2D eigenvalue weighted by Crippen LogP contribution is -2.50. The highest BCUT2D eigenvalue weighted by Crippen LogP contribution is 2.25. The number of ether oxygens (including phenoxy) is 1. The van der Waals surface area contributed by atoms with Crippen LogP contribution in [-0.4, -0.2) is 54.9 Å². The maximum Gasteiger partial charge on any atom is 0.317 e. The predicted octanol–water partition coefficient (Wildman–Crippen LogP) is 1.70. The lowest BCUT2D eigenvalue weighted by molar-refractivity contribution is -0.143. The molecular formula is C15H26N2O4. The first-order valence-corrected chi connectivity index (χ1v) is 7.87. The second-order valence-corrected chi connectivity index (χ2v) is 6.26. The average molecular weight is 298 g/mol. The van der Waals surface area contributed by atoms with E-state index in [-0.39, 0.29) is 18.0 Å². The van der Waals surface area contributed by atoms with Crippen molar-refractivity contribution < 1.29 is 19.4 Å². The minimum Gasteiger partial charge on any atom is -0.481 e. The molecular weight excluding hydrogens is 272 g/mol. The number of nitrogens with zero attached hydrogens (tertiary/aromatic N) is 1. The molecule has 6 heteroatoms. The van der Waals surface area contributed by atoms with E-state index in [9.17, 15) is 9.59 Å². The maximum absolute atomic E-state index is 12.3. The molecule has 1 heterocycles. The van der Waals surface area contributed by atoms with Gasteiger partial charge >= 0.3 is 12.0 Å². The van der Waals surface area contributed by atoms with E-state index in [1.807, 2.05) is 4.90 Å². The number of carboxylic acids is 1. The van der Waals surface area contributed by atoms with Crippen LogP contribution in [-0.2, 0) is 9.53 Å². The van der Waals surface area contributed by atoms with Crippen molar-refractivity contribution >= 4 is 12.0 Å². The topological polar surface area (TPSA) is 78.9 Å². The monoisotopic (exact) mass is 298 g/mol. The van der Waals surface area contributed by atoms with E-state index in [1.165, 1.54) is 0 Å². The highest BCUT2D eigenvalue weighted by molar-refractivity contribution is 5.75. The summed E-state index contributed by atoms with van der Waals surface area (Å²) in [5, 5.41) is 12.1. The molecule has 0 radical (unpaired) electrons. The molecule has 1 saturated heterocycles. The van der Waals surface area contributed by atoms with Crippen LogP contribution < -0.4 is 5.32 Å². The number of carbonyl (C=O) groups excluding carboxylic acids is 1. The Balaban J connectivity index is 1.81. The van der Waals surface area contributed by atoms with Crippen LogP contribution in [0.4, 0.5) is 4.79 Å². The largest absolute Gasteiger partial charge is 0.481 e. The van der Waals surface area contributed by atoms with E-state index < -0.39 is 5.97 Å². The second-order valence-electron chi connectivity index (χ2n) is 6.26. The fourth-order valence-corrected chi connectivity index (χ4v) is 3.43. The summed E-state index contributed by atoms with van der Waals surface area (Å²) in [4.78, 5) is 25.2. The van der Waals surface area contributed by atoms with E-state index >= 15 is 0 Å². The first-order chi connectivity index (χ1) is 10.1. The highest BCUT2D eigenvalue weighted by Gasteiger charge is 2.30. The molecule has 6 nitrogen and oxygen atoms in total. The summed E-state index contributed by atoms with van der Waals surface area (Å²) in [5.74, 6) is -0.647. The van der Waals surface area contributed by atoms with Crippen LogP contribution in [0.15, 0.2) is 0 Å².